The van der Waals surface area contributed by atoms with E-state index in [9.17, 15) is 10.1 Å². The maximum Gasteiger partial charge on any atom is 0.272 e. The van der Waals surface area contributed by atoms with Crippen LogP contribution in [0.2, 0.25) is 0 Å². The number of hydrogen-bond donors (Lipinski definition) is 0. The summed E-state index contributed by atoms with van der Waals surface area (Å²) >= 11 is 1.74. The molecule has 1 aromatic rings. The van der Waals surface area contributed by atoms with Crippen LogP contribution in [0, 0.1) is 17.0 Å². The number of nitro benzene ring substituents is 1. The van der Waals surface area contributed by atoms with Gasteiger partial charge in [0.15, 0.2) is 0 Å². The second-order valence-corrected chi connectivity index (χ2v) is 5.18. The van der Waals surface area contributed by atoms with Crippen LogP contribution in [0.1, 0.15) is 12.0 Å². The third kappa shape index (κ3) is 2.54. The van der Waals surface area contributed by atoms with Crippen LogP contribution >= 0.6 is 11.8 Å². The number of hydrogen-bond acceptors (Lipinski definition) is 4. The molecular weight excluding hydrogens is 226 g/mol. The minimum Gasteiger partial charge on any atom is -0.380 e. The molecule has 0 saturated carbocycles. The summed E-state index contributed by atoms with van der Waals surface area (Å²) in [5, 5.41) is 11.1. The quantitative estimate of drug-likeness (QED) is 0.601. The van der Waals surface area contributed by atoms with Crippen LogP contribution in [-0.4, -0.2) is 23.4 Å². The van der Waals surface area contributed by atoms with Gasteiger partial charge in [0.05, 0.1) is 11.5 Å². The van der Waals surface area contributed by atoms with E-state index in [1.807, 2.05) is 12.1 Å². The Morgan fingerprint density at radius 3 is 2.94 bits per heavy atom. The Hall–Kier alpha value is -1.07. The Bertz CT molecular complexity index is 402. The Morgan fingerprint density at radius 1 is 1.56 bits per heavy atom. The molecule has 1 aromatic carbocycles. The molecule has 0 aromatic heterocycles. The number of benzene rings is 1. The first-order valence-electron chi connectivity index (χ1n) is 5.16. The predicted molar refractivity (Wildman–Crippen MR) is 62.9 cm³/mol. The molecule has 1 aliphatic rings. The lowest BCUT2D eigenvalue weighted by atomic mass is 10.2. The zero-order valence-corrected chi connectivity index (χ0v) is 9.83. The monoisotopic (exact) mass is 239 g/mol. The highest BCUT2D eigenvalue weighted by atomic mass is 32.2. The average molecular weight is 239 g/mol. The molecule has 0 N–H and O–H groups in total. The molecule has 0 aliphatic carbocycles. The molecule has 1 saturated heterocycles. The SMILES string of the molecule is Cc1cc(SC2CCOC2)ccc1[N+](=O)[O-]. The van der Waals surface area contributed by atoms with E-state index in [-0.39, 0.29) is 10.6 Å². The normalized spacial score (nSPS) is 19.9. The van der Waals surface area contributed by atoms with Crippen molar-refractivity contribution in [2.45, 2.75) is 23.5 Å². The predicted octanol–water partition coefficient (Wildman–Crippen LogP) is 2.78. The van der Waals surface area contributed by atoms with Crippen molar-refractivity contribution in [3.05, 3.63) is 33.9 Å². The molecule has 0 radical (unpaired) electrons. The fourth-order valence-corrected chi connectivity index (χ4v) is 2.86. The molecule has 1 aliphatic heterocycles. The average Bonchev–Trinajstić information content (AvgIpc) is 2.70. The van der Waals surface area contributed by atoms with E-state index in [1.165, 1.54) is 0 Å². The Labute approximate surface area is 98.1 Å². The number of nitro groups is 1. The first-order valence-corrected chi connectivity index (χ1v) is 6.04. The van der Waals surface area contributed by atoms with Gasteiger partial charge in [-0.2, -0.15) is 0 Å². The molecule has 5 heteroatoms. The van der Waals surface area contributed by atoms with E-state index in [0.29, 0.717) is 10.8 Å². The third-order valence-electron chi connectivity index (χ3n) is 2.56. The van der Waals surface area contributed by atoms with E-state index < -0.39 is 0 Å². The Kier molecular flexibility index (Phi) is 3.46. The van der Waals surface area contributed by atoms with Gasteiger partial charge in [-0.05, 0) is 25.5 Å². The van der Waals surface area contributed by atoms with Crippen LogP contribution in [0.3, 0.4) is 0 Å². The summed E-state index contributed by atoms with van der Waals surface area (Å²) < 4.78 is 5.29. The maximum absolute atomic E-state index is 10.7. The topological polar surface area (TPSA) is 52.4 Å². The van der Waals surface area contributed by atoms with Gasteiger partial charge in [-0.25, -0.2) is 0 Å². The number of aryl methyl sites for hydroxylation is 1. The standard InChI is InChI=1S/C11H13NO3S/c1-8-6-9(2-3-11(8)12(13)14)16-10-4-5-15-7-10/h2-3,6,10H,4-5,7H2,1H3. The van der Waals surface area contributed by atoms with Crippen molar-refractivity contribution in [3.8, 4) is 0 Å². The summed E-state index contributed by atoms with van der Waals surface area (Å²) in [5.74, 6) is 0. The summed E-state index contributed by atoms with van der Waals surface area (Å²) in [7, 11) is 0. The van der Waals surface area contributed by atoms with Crippen LogP contribution in [0.5, 0.6) is 0 Å². The molecule has 1 atom stereocenters. The Morgan fingerprint density at radius 2 is 2.38 bits per heavy atom. The van der Waals surface area contributed by atoms with Gasteiger partial charge >= 0.3 is 0 Å². The first-order chi connectivity index (χ1) is 7.66. The van der Waals surface area contributed by atoms with E-state index in [2.05, 4.69) is 0 Å². The van der Waals surface area contributed by atoms with E-state index in [0.717, 1.165) is 24.5 Å². The fourth-order valence-electron chi connectivity index (χ4n) is 1.70. The first kappa shape index (κ1) is 11.4. The lowest BCUT2D eigenvalue weighted by Crippen LogP contribution is -2.00. The maximum atomic E-state index is 10.7. The minimum atomic E-state index is -0.345. The summed E-state index contributed by atoms with van der Waals surface area (Å²) in [6.45, 7) is 3.37. The molecule has 1 heterocycles. The van der Waals surface area contributed by atoms with Gasteiger partial charge in [0.1, 0.15) is 0 Å². The molecule has 0 spiro atoms. The lowest BCUT2D eigenvalue weighted by molar-refractivity contribution is -0.385. The van der Waals surface area contributed by atoms with Crippen molar-refractivity contribution < 1.29 is 9.66 Å². The zero-order chi connectivity index (χ0) is 11.5. The molecule has 86 valence electrons. The van der Waals surface area contributed by atoms with Crippen LogP contribution in [0.25, 0.3) is 0 Å². The fraction of sp³-hybridized carbons (Fsp3) is 0.455. The van der Waals surface area contributed by atoms with Gasteiger partial charge in [-0.1, -0.05) is 0 Å². The van der Waals surface area contributed by atoms with Crippen molar-refractivity contribution in [1.29, 1.82) is 0 Å². The zero-order valence-electron chi connectivity index (χ0n) is 9.01. The highest BCUT2D eigenvalue weighted by Crippen LogP contribution is 2.31. The molecule has 16 heavy (non-hydrogen) atoms. The number of thioether (sulfide) groups is 1. The van der Waals surface area contributed by atoms with Crippen LogP contribution in [0.4, 0.5) is 5.69 Å². The summed E-state index contributed by atoms with van der Waals surface area (Å²) in [5.41, 5.74) is 0.904. The smallest absolute Gasteiger partial charge is 0.272 e. The molecule has 4 nitrogen and oxygen atoms in total. The van der Waals surface area contributed by atoms with Crippen LogP contribution < -0.4 is 0 Å². The second kappa shape index (κ2) is 4.84. The number of nitrogens with zero attached hydrogens (tertiary/aromatic N) is 1. The van der Waals surface area contributed by atoms with Crippen molar-refractivity contribution in [1.82, 2.24) is 0 Å². The molecule has 1 fully saturated rings. The largest absolute Gasteiger partial charge is 0.380 e. The van der Waals surface area contributed by atoms with Gasteiger partial charge in [0, 0.05) is 28.4 Å². The van der Waals surface area contributed by atoms with Crippen molar-refractivity contribution in [3.63, 3.8) is 0 Å². The Balaban J connectivity index is 2.11. The van der Waals surface area contributed by atoms with Crippen molar-refractivity contribution >= 4 is 17.4 Å². The molecule has 0 bridgehead atoms. The van der Waals surface area contributed by atoms with Crippen LogP contribution in [-0.2, 0) is 4.74 Å². The number of ether oxygens (including phenoxy) is 1. The van der Waals surface area contributed by atoms with E-state index in [4.69, 9.17) is 4.74 Å². The van der Waals surface area contributed by atoms with Gasteiger partial charge in [0.25, 0.3) is 5.69 Å². The highest BCUT2D eigenvalue weighted by Gasteiger charge is 2.18. The number of rotatable bonds is 3. The highest BCUT2D eigenvalue weighted by molar-refractivity contribution is 8.00. The van der Waals surface area contributed by atoms with E-state index in [1.54, 1.807) is 24.8 Å². The van der Waals surface area contributed by atoms with Gasteiger partial charge in [-0.15, -0.1) is 11.8 Å². The van der Waals surface area contributed by atoms with Crippen molar-refractivity contribution in [2.24, 2.45) is 0 Å². The summed E-state index contributed by atoms with van der Waals surface area (Å²) in [6.07, 6.45) is 1.06. The van der Waals surface area contributed by atoms with Gasteiger partial charge in [-0.3, -0.25) is 10.1 Å². The summed E-state index contributed by atoms with van der Waals surface area (Å²) in [4.78, 5) is 11.4. The van der Waals surface area contributed by atoms with E-state index >= 15 is 0 Å². The molecule has 2 rings (SSSR count). The summed E-state index contributed by atoms with van der Waals surface area (Å²) in [6, 6.07) is 5.27. The third-order valence-corrected chi connectivity index (χ3v) is 3.79. The minimum absolute atomic E-state index is 0.187. The van der Waals surface area contributed by atoms with Crippen molar-refractivity contribution in [2.75, 3.05) is 13.2 Å². The van der Waals surface area contributed by atoms with Gasteiger partial charge < -0.3 is 4.74 Å². The molecule has 1 unspecified atom stereocenters. The lowest BCUT2D eigenvalue weighted by Gasteiger charge is -2.07. The molecule has 0 amide bonds. The molecular formula is C11H13NO3S. The van der Waals surface area contributed by atoms with Crippen LogP contribution in [0.15, 0.2) is 23.1 Å². The van der Waals surface area contributed by atoms with Gasteiger partial charge in [0.2, 0.25) is 0 Å². The second-order valence-electron chi connectivity index (χ2n) is 3.81.